The number of pyridine rings is 1. The van der Waals surface area contributed by atoms with Gasteiger partial charge in [0.05, 0.1) is 17.6 Å². The zero-order valence-electron chi connectivity index (χ0n) is 10.4. The summed E-state index contributed by atoms with van der Waals surface area (Å²) < 4.78 is 0. The van der Waals surface area contributed by atoms with E-state index in [2.05, 4.69) is 4.98 Å². The number of rotatable bonds is 2. The molecule has 0 radical (unpaired) electrons. The van der Waals surface area contributed by atoms with Crippen molar-refractivity contribution < 1.29 is 5.11 Å². The van der Waals surface area contributed by atoms with Gasteiger partial charge in [-0.2, -0.15) is 0 Å². The molecule has 3 N–H and O–H groups in total. The summed E-state index contributed by atoms with van der Waals surface area (Å²) in [4.78, 5) is 4.12. The van der Waals surface area contributed by atoms with Gasteiger partial charge in [0, 0.05) is 5.57 Å². The first kappa shape index (κ1) is 14.2. The molecular formula is C13H20N2O. The lowest BCUT2D eigenvalue weighted by atomic mass is 10.1. The highest BCUT2D eigenvalue weighted by atomic mass is 16.3. The molecule has 3 heteroatoms. The monoisotopic (exact) mass is 220 g/mol. The van der Waals surface area contributed by atoms with E-state index in [-0.39, 0.29) is 5.76 Å². The van der Waals surface area contributed by atoms with E-state index < -0.39 is 0 Å². The summed E-state index contributed by atoms with van der Waals surface area (Å²) >= 11 is 0. The van der Waals surface area contributed by atoms with Crippen LogP contribution in [0, 0.1) is 0 Å². The first-order valence-electron chi connectivity index (χ1n) is 5.43. The Hall–Kier alpha value is -1.77. The van der Waals surface area contributed by atoms with Crippen LogP contribution in [0.3, 0.4) is 0 Å². The van der Waals surface area contributed by atoms with Gasteiger partial charge in [-0.25, -0.2) is 0 Å². The van der Waals surface area contributed by atoms with E-state index in [0.29, 0.717) is 11.3 Å². The molecule has 0 saturated carbocycles. The maximum absolute atomic E-state index is 9.56. The predicted molar refractivity (Wildman–Crippen MR) is 70.0 cm³/mol. The molecule has 88 valence electrons. The fourth-order valence-corrected chi connectivity index (χ4v) is 1.15. The van der Waals surface area contributed by atoms with E-state index in [1.54, 1.807) is 31.3 Å². The first-order chi connectivity index (χ1) is 7.69. The van der Waals surface area contributed by atoms with Crippen LogP contribution in [0.1, 0.15) is 33.4 Å². The normalized spacial score (nSPS) is 11.8. The number of hydrogen-bond donors (Lipinski definition) is 2. The third-order valence-corrected chi connectivity index (χ3v) is 1.90. The summed E-state index contributed by atoms with van der Waals surface area (Å²) in [6.45, 7) is 7.63. The molecule has 3 nitrogen and oxygen atoms in total. The minimum absolute atomic E-state index is 0.227. The number of nitrogen functional groups attached to an aromatic ring is 1. The van der Waals surface area contributed by atoms with Gasteiger partial charge in [0.2, 0.25) is 0 Å². The fourth-order valence-electron chi connectivity index (χ4n) is 1.15. The van der Waals surface area contributed by atoms with Gasteiger partial charge < -0.3 is 10.8 Å². The van der Waals surface area contributed by atoms with Gasteiger partial charge in [0.15, 0.2) is 0 Å². The van der Waals surface area contributed by atoms with Gasteiger partial charge >= 0.3 is 0 Å². The lowest BCUT2D eigenvalue weighted by molar-refractivity contribution is 0.436. The number of aliphatic hydroxyl groups is 1. The fraction of sp³-hybridized carbons (Fsp3) is 0.308. The molecule has 0 amide bonds. The lowest BCUT2D eigenvalue weighted by Gasteiger charge is -2.05. The average molecular weight is 220 g/mol. The third-order valence-electron chi connectivity index (χ3n) is 1.90. The van der Waals surface area contributed by atoms with E-state index in [1.165, 1.54) is 0 Å². The number of aromatic nitrogens is 1. The van der Waals surface area contributed by atoms with Crippen molar-refractivity contribution in [3.8, 4) is 0 Å². The Kier molecular flexibility index (Phi) is 6.68. The maximum atomic E-state index is 9.56. The molecule has 0 saturated heterocycles. The second kappa shape index (κ2) is 7.51. The van der Waals surface area contributed by atoms with Crippen molar-refractivity contribution in [2.24, 2.45) is 0 Å². The van der Waals surface area contributed by atoms with Crippen molar-refractivity contribution in [2.75, 3.05) is 5.73 Å². The van der Waals surface area contributed by atoms with Crippen LogP contribution in [0.2, 0.25) is 0 Å². The topological polar surface area (TPSA) is 59.1 Å². The Balaban J connectivity index is 0.00000106. The average Bonchev–Trinajstić information content (AvgIpc) is 2.34. The SMILES string of the molecule is C/C=C(\C(O)=C/C)c1ccc(N)cn1.CC. The highest BCUT2D eigenvalue weighted by molar-refractivity contribution is 5.74. The lowest BCUT2D eigenvalue weighted by Crippen LogP contribution is -1.94. The molecule has 1 heterocycles. The number of nitrogens with two attached hydrogens (primary N) is 1. The highest BCUT2D eigenvalue weighted by Crippen LogP contribution is 2.19. The Morgan fingerprint density at radius 3 is 2.25 bits per heavy atom. The number of hydrogen-bond acceptors (Lipinski definition) is 3. The van der Waals surface area contributed by atoms with Crippen LogP contribution >= 0.6 is 0 Å². The third kappa shape index (κ3) is 3.77. The van der Waals surface area contributed by atoms with Crippen LogP contribution in [-0.4, -0.2) is 10.1 Å². The van der Waals surface area contributed by atoms with Crippen LogP contribution in [0.5, 0.6) is 0 Å². The first-order valence-corrected chi connectivity index (χ1v) is 5.43. The van der Waals surface area contributed by atoms with Gasteiger partial charge in [-0.1, -0.05) is 19.9 Å². The molecule has 1 rings (SSSR count). The van der Waals surface area contributed by atoms with Crippen LogP contribution in [-0.2, 0) is 0 Å². The Morgan fingerprint density at radius 1 is 1.25 bits per heavy atom. The summed E-state index contributed by atoms with van der Waals surface area (Å²) in [5, 5.41) is 9.56. The van der Waals surface area contributed by atoms with Crippen molar-refractivity contribution in [1.82, 2.24) is 4.98 Å². The van der Waals surface area contributed by atoms with E-state index >= 15 is 0 Å². The molecule has 1 aromatic heterocycles. The molecule has 0 unspecified atom stereocenters. The number of nitrogens with zero attached hydrogens (tertiary/aromatic N) is 1. The molecule has 0 aliphatic rings. The van der Waals surface area contributed by atoms with Crippen LogP contribution in [0.15, 0.2) is 36.2 Å². The largest absolute Gasteiger partial charge is 0.508 e. The van der Waals surface area contributed by atoms with Crippen molar-refractivity contribution in [3.63, 3.8) is 0 Å². The smallest absolute Gasteiger partial charge is 0.120 e. The van der Waals surface area contributed by atoms with E-state index in [1.807, 2.05) is 26.8 Å². The van der Waals surface area contributed by atoms with Crippen LogP contribution in [0.4, 0.5) is 5.69 Å². The van der Waals surface area contributed by atoms with Crippen molar-refractivity contribution in [3.05, 3.63) is 41.9 Å². The molecular weight excluding hydrogens is 200 g/mol. The quantitative estimate of drug-likeness (QED) is 0.592. The predicted octanol–water partition coefficient (Wildman–Crippen LogP) is 3.56. The second-order valence-corrected chi connectivity index (χ2v) is 2.85. The molecule has 0 atom stereocenters. The van der Waals surface area contributed by atoms with Gasteiger partial charge in [-0.05, 0) is 32.1 Å². The summed E-state index contributed by atoms with van der Waals surface area (Å²) in [6, 6.07) is 3.54. The van der Waals surface area contributed by atoms with E-state index in [4.69, 9.17) is 5.73 Å². The van der Waals surface area contributed by atoms with Gasteiger partial charge in [0.1, 0.15) is 5.76 Å². The molecule has 0 aliphatic carbocycles. The summed E-state index contributed by atoms with van der Waals surface area (Å²) in [6.07, 6.45) is 5.02. The highest BCUT2D eigenvalue weighted by Gasteiger charge is 2.05. The zero-order valence-corrected chi connectivity index (χ0v) is 10.4. The van der Waals surface area contributed by atoms with Gasteiger partial charge in [0.25, 0.3) is 0 Å². The molecule has 16 heavy (non-hydrogen) atoms. The molecule has 0 aromatic carbocycles. The van der Waals surface area contributed by atoms with Crippen molar-refractivity contribution in [2.45, 2.75) is 27.7 Å². The summed E-state index contributed by atoms with van der Waals surface area (Å²) in [5.41, 5.74) is 7.57. The van der Waals surface area contributed by atoms with E-state index in [0.717, 1.165) is 5.69 Å². The van der Waals surface area contributed by atoms with Crippen LogP contribution < -0.4 is 5.73 Å². The molecule has 1 aromatic rings. The Morgan fingerprint density at radius 2 is 1.88 bits per heavy atom. The number of anilines is 1. The Labute approximate surface area is 97.3 Å². The molecule has 0 fully saturated rings. The van der Waals surface area contributed by atoms with E-state index in [9.17, 15) is 5.11 Å². The van der Waals surface area contributed by atoms with Crippen LogP contribution in [0.25, 0.3) is 5.57 Å². The van der Waals surface area contributed by atoms with Gasteiger partial charge in [-0.15, -0.1) is 0 Å². The molecule has 0 bridgehead atoms. The second-order valence-electron chi connectivity index (χ2n) is 2.85. The summed E-state index contributed by atoms with van der Waals surface area (Å²) in [5.74, 6) is 0.227. The number of aliphatic hydroxyl groups excluding tert-OH is 1. The van der Waals surface area contributed by atoms with Crippen molar-refractivity contribution in [1.29, 1.82) is 0 Å². The van der Waals surface area contributed by atoms with Crippen molar-refractivity contribution >= 4 is 11.3 Å². The Bertz CT molecular complexity index is 364. The standard InChI is InChI=1S/C11H14N2O.C2H6/c1-3-9(11(14)4-2)10-6-5-8(12)7-13-10;1-2/h3-7,14H,12H2,1-2H3;1-2H3/b9-3-,11-4+;. The number of allylic oxidation sites excluding steroid dienone is 3. The maximum Gasteiger partial charge on any atom is 0.120 e. The minimum atomic E-state index is 0.227. The van der Waals surface area contributed by atoms with Gasteiger partial charge in [-0.3, -0.25) is 4.98 Å². The zero-order chi connectivity index (χ0) is 12.6. The molecule has 0 aliphatic heterocycles. The molecule has 0 spiro atoms. The minimum Gasteiger partial charge on any atom is -0.508 e. The summed E-state index contributed by atoms with van der Waals surface area (Å²) in [7, 11) is 0.